The van der Waals surface area contributed by atoms with Gasteiger partial charge in [-0.05, 0) is 38.2 Å². The summed E-state index contributed by atoms with van der Waals surface area (Å²) in [7, 11) is 0. The van der Waals surface area contributed by atoms with Gasteiger partial charge in [0.05, 0.1) is 0 Å². The average molecular weight is 408 g/mol. The van der Waals surface area contributed by atoms with Crippen LogP contribution in [0, 0.1) is 0 Å². The third kappa shape index (κ3) is 7.05. The van der Waals surface area contributed by atoms with E-state index in [0.717, 1.165) is 0 Å². The Hall–Kier alpha value is -3.17. The van der Waals surface area contributed by atoms with Gasteiger partial charge in [0.2, 0.25) is 17.7 Å². The van der Waals surface area contributed by atoms with Crippen LogP contribution in [0.3, 0.4) is 0 Å². The van der Waals surface area contributed by atoms with Gasteiger partial charge >= 0.3 is 6.09 Å². The number of nitrogens with one attached hydrogen (secondary N) is 2. The molecule has 1 aliphatic rings. The third-order valence-corrected chi connectivity index (χ3v) is 4.63. The van der Waals surface area contributed by atoms with Gasteiger partial charge in [-0.2, -0.15) is 0 Å². The fraction of sp³-hybridized carbons (Fsp3) is 0.526. The topological polar surface area (TPSA) is 159 Å². The normalized spacial score (nSPS) is 17.7. The summed E-state index contributed by atoms with van der Waals surface area (Å²) in [6, 6.07) is -2.98. The van der Waals surface area contributed by atoms with Crippen molar-refractivity contribution >= 4 is 29.6 Å². The summed E-state index contributed by atoms with van der Waals surface area (Å²) in [5, 5.41) is 13.7. The van der Waals surface area contributed by atoms with Crippen molar-refractivity contribution in [3.63, 3.8) is 0 Å². The molecule has 5 N–H and O–H groups in total. The minimum absolute atomic E-state index is 0.0535. The number of carbonyl (C=O) groups is 5. The zero-order valence-electron chi connectivity index (χ0n) is 16.5. The Morgan fingerprint density at radius 3 is 2.41 bits per heavy atom. The summed E-state index contributed by atoms with van der Waals surface area (Å²) in [6.45, 7) is 8.82. The molecule has 1 fully saturated rings. The number of ketones is 1. The number of hydrogen-bond acceptors (Lipinski definition) is 5. The fourth-order valence-corrected chi connectivity index (χ4v) is 3.08. The molecule has 4 amide bonds. The predicted molar refractivity (Wildman–Crippen MR) is 105 cm³/mol. The molecule has 0 aromatic rings. The molecular weight excluding hydrogens is 380 g/mol. The lowest BCUT2D eigenvalue weighted by atomic mass is 10.0. The van der Waals surface area contributed by atoms with Crippen molar-refractivity contribution in [3.05, 3.63) is 24.8 Å². The average Bonchev–Trinajstić information content (AvgIpc) is 3.13. The van der Waals surface area contributed by atoms with Gasteiger partial charge in [-0.25, -0.2) is 4.79 Å². The predicted octanol–water partition coefficient (Wildman–Crippen LogP) is 0.0852. The van der Waals surface area contributed by atoms with Crippen molar-refractivity contribution in [1.82, 2.24) is 15.5 Å². The summed E-state index contributed by atoms with van der Waals surface area (Å²) in [4.78, 5) is 61.1. The van der Waals surface area contributed by atoms with Gasteiger partial charge in [0.1, 0.15) is 18.1 Å². The first-order valence-corrected chi connectivity index (χ1v) is 9.27. The first-order chi connectivity index (χ1) is 13.6. The van der Waals surface area contributed by atoms with Gasteiger partial charge in [0.15, 0.2) is 5.78 Å². The molecule has 0 radical (unpaired) electrons. The van der Waals surface area contributed by atoms with E-state index in [1.165, 1.54) is 17.9 Å². The van der Waals surface area contributed by atoms with Crippen molar-refractivity contribution in [2.45, 2.75) is 57.2 Å². The van der Waals surface area contributed by atoms with E-state index in [-0.39, 0.29) is 31.6 Å². The molecule has 1 heterocycles. The number of amides is 4. The van der Waals surface area contributed by atoms with E-state index >= 15 is 0 Å². The van der Waals surface area contributed by atoms with Gasteiger partial charge in [0, 0.05) is 13.0 Å². The number of nitrogens with two attached hydrogens (primary N) is 1. The van der Waals surface area contributed by atoms with Crippen LogP contribution in [0.2, 0.25) is 0 Å². The van der Waals surface area contributed by atoms with E-state index in [9.17, 15) is 24.0 Å². The molecule has 3 atom stereocenters. The zero-order valence-corrected chi connectivity index (χ0v) is 16.5. The molecular formula is C19H28N4O6. The highest BCUT2D eigenvalue weighted by atomic mass is 16.4. The SMILES string of the molecule is C=CCC(NC(=O)C1CCCN1C(=O)C(CCC(=O)C(=C)C)NC(=O)O)C(N)=O. The number of rotatable bonds is 11. The number of carbonyl (C=O) groups excluding carboxylic acids is 4. The van der Waals surface area contributed by atoms with Crippen molar-refractivity contribution in [2.24, 2.45) is 5.73 Å². The number of hydrogen-bond donors (Lipinski definition) is 4. The zero-order chi connectivity index (χ0) is 22.1. The maximum Gasteiger partial charge on any atom is 0.405 e. The molecule has 1 saturated heterocycles. The highest BCUT2D eigenvalue weighted by Gasteiger charge is 2.38. The largest absolute Gasteiger partial charge is 0.465 e. The Morgan fingerprint density at radius 1 is 1.24 bits per heavy atom. The molecule has 0 aliphatic carbocycles. The molecule has 0 spiro atoms. The van der Waals surface area contributed by atoms with E-state index in [4.69, 9.17) is 10.8 Å². The van der Waals surface area contributed by atoms with Crippen molar-refractivity contribution in [1.29, 1.82) is 0 Å². The standard InChI is InChI=1S/C19H28N4O6/c1-4-6-12(16(20)25)21-17(26)14-7-5-10-23(14)18(27)13(22-19(28)29)8-9-15(24)11(2)3/h4,12-14,22H,1-2,5-10H2,3H3,(H2,20,25)(H,21,26)(H,28,29). The van der Waals surface area contributed by atoms with Crippen LogP contribution >= 0.6 is 0 Å². The molecule has 0 bridgehead atoms. The number of carboxylic acid groups (broad SMARTS) is 1. The Bertz CT molecular complexity index is 705. The Balaban J connectivity index is 2.90. The Kier molecular flexibility index (Phi) is 9.04. The summed E-state index contributed by atoms with van der Waals surface area (Å²) in [5.74, 6) is -2.15. The third-order valence-electron chi connectivity index (χ3n) is 4.63. The number of likely N-dealkylation sites (tertiary alicyclic amines) is 1. The van der Waals surface area contributed by atoms with Crippen LogP contribution in [0.4, 0.5) is 4.79 Å². The van der Waals surface area contributed by atoms with E-state index < -0.39 is 41.9 Å². The van der Waals surface area contributed by atoms with E-state index in [0.29, 0.717) is 18.4 Å². The lowest BCUT2D eigenvalue weighted by Crippen LogP contribution is -2.55. The summed E-state index contributed by atoms with van der Waals surface area (Å²) in [5.41, 5.74) is 5.57. The minimum atomic E-state index is -1.41. The fourth-order valence-electron chi connectivity index (χ4n) is 3.08. The second-order valence-electron chi connectivity index (χ2n) is 6.92. The number of Topliss-reactive ketones (excluding diaryl/α,β-unsaturated/α-hetero) is 1. The summed E-state index contributed by atoms with van der Waals surface area (Å²) < 4.78 is 0. The molecule has 1 aliphatic heterocycles. The smallest absolute Gasteiger partial charge is 0.405 e. The highest BCUT2D eigenvalue weighted by molar-refractivity contribution is 5.96. The van der Waals surface area contributed by atoms with Crippen LogP contribution in [0.5, 0.6) is 0 Å². The van der Waals surface area contributed by atoms with Gasteiger partial charge in [-0.1, -0.05) is 12.7 Å². The molecule has 3 unspecified atom stereocenters. The lowest BCUT2D eigenvalue weighted by molar-refractivity contribution is -0.140. The van der Waals surface area contributed by atoms with Crippen LogP contribution in [-0.2, 0) is 19.2 Å². The molecule has 10 nitrogen and oxygen atoms in total. The van der Waals surface area contributed by atoms with Crippen LogP contribution < -0.4 is 16.4 Å². The van der Waals surface area contributed by atoms with Crippen LogP contribution in [-0.4, -0.2) is 64.3 Å². The highest BCUT2D eigenvalue weighted by Crippen LogP contribution is 2.20. The first-order valence-electron chi connectivity index (χ1n) is 9.27. The second kappa shape index (κ2) is 11.0. The number of allylic oxidation sites excluding steroid dienone is 1. The maximum absolute atomic E-state index is 12.9. The van der Waals surface area contributed by atoms with Crippen molar-refractivity contribution in [3.8, 4) is 0 Å². The van der Waals surface area contributed by atoms with Crippen molar-refractivity contribution in [2.75, 3.05) is 6.54 Å². The molecule has 29 heavy (non-hydrogen) atoms. The van der Waals surface area contributed by atoms with Gasteiger partial charge < -0.3 is 26.4 Å². The number of primary amides is 1. The van der Waals surface area contributed by atoms with Gasteiger partial charge in [-0.15, -0.1) is 6.58 Å². The molecule has 0 aromatic carbocycles. The molecule has 0 aromatic heterocycles. The Morgan fingerprint density at radius 2 is 1.90 bits per heavy atom. The summed E-state index contributed by atoms with van der Waals surface area (Å²) in [6.07, 6.45) is 0.971. The van der Waals surface area contributed by atoms with E-state index in [2.05, 4.69) is 23.8 Å². The van der Waals surface area contributed by atoms with Crippen molar-refractivity contribution < 1.29 is 29.1 Å². The molecule has 160 valence electrons. The summed E-state index contributed by atoms with van der Waals surface area (Å²) >= 11 is 0. The lowest BCUT2D eigenvalue weighted by Gasteiger charge is -2.29. The molecule has 0 saturated carbocycles. The number of nitrogens with zero attached hydrogens (tertiary/aromatic N) is 1. The van der Waals surface area contributed by atoms with Crippen LogP contribution in [0.1, 0.15) is 39.0 Å². The maximum atomic E-state index is 12.9. The Labute approximate surface area is 169 Å². The quantitative estimate of drug-likeness (QED) is 0.280. The van der Waals surface area contributed by atoms with Crippen LogP contribution in [0.15, 0.2) is 24.8 Å². The van der Waals surface area contributed by atoms with Crippen LogP contribution in [0.25, 0.3) is 0 Å². The first kappa shape index (κ1) is 23.9. The van der Waals surface area contributed by atoms with Gasteiger partial charge in [-0.3, -0.25) is 19.2 Å². The van der Waals surface area contributed by atoms with E-state index in [1.54, 1.807) is 0 Å². The van der Waals surface area contributed by atoms with E-state index in [1.807, 2.05) is 0 Å². The molecule has 10 heteroatoms. The molecule has 1 rings (SSSR count). The monoisotopic (exact) mass is 408 g/mol. The van der Waals surface area contributed by atoms with Gasteiger partial charge in [0.25, 0.3) is 0 Å². The second-order valence-corrected chi connectivity index (χ2v) is 6.92. The minimum Gasteiger partial charge on any atom is -0.465 e.